The van der Waals surface area contributed by atoms with Crippen LogP contribution in [-0.2, 0) is 11.3 Å². The lowest BCUT2D eigenvalue weighted by molar-refractivity contribution is 0.102. The Kier molecular flexibility index (Phi) is 5.22. The minimum atomic E-state index is 0.484. The Morgan fingerprint density at radius 3 is 2.62 bits per heavy atom. The highest BCUT2D eigenvalue weighted by Gasteiger charge is 2.07. The van der Waals surface area contributed by atoms with Gasteiger partial charge >= 0.3 is 0 Å². The van der Waals surface area contributed by atoms with Gasteiger partial charge in [0.25, 0.3) is 0 Å². The zero-order chi connectivity index (χ0) is 12.1. The second-order valence-corrected chi connectivity index (χ2v) is 5.18. The Labute approximate surface area is 103 Å². The van der Waals surface area contributed by atoms with Gasteiger partial charge in [0.05, 0.1) is 6.61 Å². The minimum Gasteiger partial charge on any atom is -0.379 e. The van der Waals surface area contributed by atoms with Crippen molar-refractivity contribution in [1.29, 1.82) is 0 Å². The van der Waals surface area contributed by atoms with Gasteiger partial charge in [0, 0.05) is 25.0 Å². The molecule has 1 N–H and O–H groups in total. The van der Waals surface area contributed by atoms with Crippen molar-refractivity contribution >= 4 is 12.2 Å². The first-order valence-electron chi connectivity index (χ1n) is 5.88. The SMILES string of the molecule is CC(C)COCCn1c(C(C)C)c[nH]c1=S. The Bertz CT molecular complexity index is 365. The highest BCUT2D eigenvalue weighted by atomic mass is 32.1. The number of imidazole rings is 1. The van der Waals surface area contributed by atoms with Crippen LogP contribution in [0.25, 0.3) is 0 Å². The number of nitrogens with zero attached hydrogens (tertiary/aromatic N) is 1. The molecule has 0 fully saturated rings. The first-order chi connectivity index (χ1) is 7.52. The Hall–Kier alpha value is -0.610. The van der Waals surface area contributed by atoms with Crippen LogP contribution in [0.5, 0.6) is 0 Å². The first-order valence-corrected chi connectivity index (χ1v) is 6.29. The normalized spacial score (nSPS) is 11.6. The van der Waals surface area contributed by atoms with E-state index in [0.29, 0.717) is 11.8 Å². The van der Waals surface area contributed by atoms with Gasteiger partial charge in [0.1, 0.15) is 0 Å². The van der Waals surface area contributed by atoms with Crippen molar-refractivity contribution in [1.82, 2.24) is 9.55 Å². The smallest absolute Gasteiger partial charge is 0.177 e. The van der Waals surface area contributed by atoms with Gasteiger partial charge in [-0.1, -0.05) is 27.7 Å². The number of nitrogens with one attached hydrogen (secondary N) is 1. The van der Waals surface area contributed by atoms with Crippen molar-refractivity contribution in [3.8, 4) is 0 Å². The number of aromatic amines is 1. The molecule has 0 radical (unpaired) electrons. The van der Waals surface area contributed by atoms with Crippen LogP contribution in [0.3, 0.4) is 0 Å². The molecule has 0 aliphatic rings. The highest BCUT2D eigenvalue weighted by Crippen LogP contribution is 2.14. The third-order valence-electron chi connectivity index (χ3n) is 2.40. The van der Waals surface area contributed by atoms with Crippen LogP contribution in [0.2, 0.25) is 0 Å². The molecule has 0 saturated heterocycles. The van der Waals surface area contributed by atoms with Crippen LogP contribution in [0.1, 0.15) is 39.3 Å². The fraction of sp³-hybridized carbons (Fsp3) is 0.750. The Balaban J connectivity index is 2.53. The van der Waals surface area contributed by atoms with Gasteiger partial charge in [0.15, 0.2) is 4.77 Å². The Morgan fingerprint density at radius 1 is 1.38 bits per heavy atom. The number of ether oxygens (including phenoxy) is 1. The van der Waals surface area contributed by atoms with Crippen LogP contribution < -0.4 is 0 Å². The predicted octanol–water partition coefficient (Wildman–Crippen LogP) is 3.34. The quantitative estimate of drug-likeness (QED) is 0.612. The summed E-state index contributed by atoms with van der Waals surface area (Å²) in [6.45, 7) is 11.0. The van der Waals surface area contributed by atoms with Gasteiger partial charge in [0.2, 0.25) is 0 Å². The summed E-state index contributed by atoms with van der Waals surface area (Å²) in [6.07, 6.45) is 2.00. The molecule has 1 heterocycles. The molecule has 4 heteroatoms. The summed E-state index contributed by atoms with van der Waals surface area (Å²) in [7, 11) is 0. The van der Waals surface area contributed by atoms with Gasteiger partial charge in [-0.05, 0) is 24.1 Å². The molecule has 92 valence electrons. The molecule has 0 saturated carbocycles. The maximum atomic E-state index is 5.58. The number of H-pyrrole nitrogens is 1. The van der Waals surface area contributed by atoms with E-state index in [2.05, 4.69) is 37.2 Å². The Morgan fingerprint density at radius 2 is 2.06 bits per heavy atom. The largest absolute Gasteiger partial charge is 0.379 e. The van der Waals surface area contributed by atoms with E-state index in [1.807, 2.05) is 6.20 Å². The van der Waals surface area contributed by atoms with Gasteiger partial charge < -0.3 is 14.3 Å². The van der Waals surface area contributed by atoms with Crippen LogP contribution in [0.4, 0.5) is 0 Å². The predicted molar refractivity (Wildman–Crippen MR) is 69.4 cm³/mol. The molecule has 0 amide bonds. The van der Waals surface area contributed by atoms with Gasteiger partial charge in [-0.25, -0.2) is 0 Å². The van der Waals surface area contributed by atoms with E-state index in [1.54, 1.807) is 0 Å². The van der Waals surface area contributed by atoms with Crippen molar-refractivity contribution in [2.45, 2.75) is 40.2 Å². The molecule has 0 spiro atoms. The topological polar surface area (TPSA) is 29.9 Å². The zero-order valence-corrected chi connectivity index (χ0v) is 11.4. The van der Waals surface area contributed by atoms with Crippen molar-refractivity contribution in [3.05, 3.63) is 16.7 Å². The molecule has 1 rings (SSSR count). The summed E-state index contributed by atoms with van der Waals surface area (Å²) < 4.78 is 8.49. The number of aromatic nitrogens is 2. The summed E-state index contributed by atoms with van der Waals surface area (Å²) in [5.74, 6) is 1.07. The third-order valence-corrected chi connectivity index (χ3v) is 2.74. The summed E-state index contributed by atoms with van der Waals surface area (Å²) in [6, 6.07) is 0. The fourth-order valence-electron chi connectivity index (χ4n) is 1.59. The lowest BCUT2D eigenvalue weighted by atomic mass is 10.1. The molecule has 16 heavy (non-hydrogen) atoms. The molecule has 0 bridgehead atoms. The van der Waals surface area contributed by atoms with Crippen LogP contribution in [0.15, 0.2) is 6.20 Å². The number of rotatable bonds is 6. The third kappa shape index (κ3) is 3.76. The lowest BCUT2D eigenvalue weighted by Crippen LogP contribution is -2.12. The molecule has 1 aromatic heterocycles. The van der Waals surface area contributed by atoms with Crippen molar-refractivity contribution in [3.63, 3.8) is 0 Å². The molecule has 0 aliphatic heterocycles. The van der Waals surface area contributed by atoms with Crippen molar-refractivity contribution < 1.29 is 4.74 Å². The van der Waals surface area contributed by atoms with Gasteiger partial charge in [-0.2, -0.15) is 0 Å². The van der Waals surface area contributed by atoms with Crippen LogP contribution in [-0.4, -0.2) is 22.8 Å². The molecular weight excluding hydrogens is 220 g/mol. The molecule has 0 aromatic carbocycles. The molecular formula is C12H22N2OS. The summed E-state index contributed by atoms with van der Waals surface area (Å²) in [4.78, 5) is 3.09. The number of hydrogen-bond donors (Lipinski definition) is 1. The number of hydrogen-bond acceptors (Lipinski definition) is 2. The monoisotopic (exact) mass is 242 g/mol. The second-order valence-electron chi connectivity index (χ2n) is 4.79. The van der Waals surface area contributed by atoms with E-state index in [9.17, 15) is 0 Å². The van der Waals surface area contributed by atoms with Crippen LogP contribution >= 0.6 is 12.2 Å². The van der Waals surface area contributed by atoms with Crippen LogP contribution in [0, 0.1) is 10.7 Å². The van der Waals surface area contributed by atoms with Gasteiger partial charge in [-0.3, -0.25) is 0 Å². The molecule has 0 unspecified atom stereocenters. The van der Waals surface area contributed by atoms with Crippen molar-refractivity contribution in [2.75, 3.05) is 13.2 Å². The maximum Gasteiger partial charge on any atom is 0.177 e. The maximum absolute atomic E-state index is 5.58. The molecule has 0 atom stereocenters. The summed E-state index contributed by atoms with van der Waals surface area (Å²) >= 11 is 5.25. The first kappa shape index (κ1) is 13.5. The molecule has 1 aromatic rings. The molecule has 0 aliphatic carbocycles. The second kappa shape index (κ2) is 6.21. The standard InChI is InChI=1S/C12H22N2OS/c1-9(2)8-15-6-5-14-11(10(3)4)7-13-12(14)16/h7,9-10H,5-6,8H2,1-4H3,(H,13,16). The summed E-state index contributed by atoms with van der Waals surface area (Å²) in [5.41, 5.74) is 1.25. The van der Waals surface area contributed by atoms with E-state index >= 15 is 0 Å². The lowest BCUT2D eigenvalue weighted by Gasteiger charge is -2.12. The highest BCUT2D eigenvalue weighted by molar-refractivity contribution is 7.71. The van der Waals surface area contributed by atoms with E-state index < -0.39 is 0 Å². The average Bonchev–Trinajstić information content (AvgIpc) is 2.54. The van der Waals surface area contributed by atoms with E-state index in [4.69, 9.17) is 17.0 Å². The zero-order valence-electron chi connectivity index (χ0n) is 10.6. The van der Waals surface area contributed by atoms with E-state index in [0.717, 1.165) is 24.5 Å². The minimum absolute atomic E-state index is 0.484. The average molecular weight is 242 g/mol. The molecule has 3 nitrogen and oxygen atoms in total. The fourth-order valence-corrected chi connectivity index (χ4v) is 1.85. The van der Waals surface area contributed by atoms with E-state index in [1.165, 1.54) is 5.69 Å². The van der Waals surface area contributed by atoms with Gasteiger partial charge in [-0.15, -0.1) is 0 Å². The summed E-state index contributed by atoms with van der Waals surface area (Å²) in [5, 5.41) is 0. The van der Waals surface area contributed by atoms with E-state index in [-0.39, 0.29) is 0 Å². The van der Waals surface area contributed by atoms with Crippen molar-refractivity contribution in [2.24, 2.45) is 5.92 Å².